The molecule has 0 fully saturated rings. The largest absolute Gasteiger partial charge is 0.584 e. The number of carbonyl (C=O) groups is 2. The lowest BCUT2D eigenvalue weighted by molar-refractivity contribution is 0.103. The fourth-order valence-electron chi connectivity index (χ4n) is 3.75. The van der Waals surface area contributed by atoms with Gasteiger partial charge in [0.25, 0.3) is 0 Å². The lowest BCUT2D eigenvalue weighted by Crippen LogP contribution is -2.02. The molecule has 4 aromatic rings. The van der Waals surface area contributed by atoms with Gasteiger partial charge in [0.2, 0.25) is 0 Å². The standard InChI is InChI=1S/C30H23O12P/c31-19-7-1-17(2-8-19)5-11-23(33)29-25(35)13-21(14-26(29)36)41-43(39,40)42-22-15-27(37)30(28(38)16-22)24(34)12-6-18-3-9-20(32)10-4-18/h1-16,31-32,35-38H,(H,39,40). The van der Waals surface area contributed by atoms with Crippen LogP contribution in [0.25, 0.3) is 12.2 Å². The SMILES string of the molecule is O=C(C=Cc1ccc(O)cc1)c1c(O)cc(OP(=O)(O)Oc2cc(O)c(C(=O)C=Cc3ccc(O)cc3)c(O)c2)cc1O. The minimum absolute atomic E-state index is 0.0239. The Kier molecular flexibility index (Phi) is 8.75. The lowest BCUT2D eigenvalue weighted by Gasteiger charge is -2.16. The number of ketones is 2. The average Bonchev–Trinajstić information content (AvgIpc) is 2.91. The zero-order valence-electron chi connectivity index (χ0n) is 21.9. The minimum Gasteiger partial charge on any atom is -0.508 e. The van der Waals surface area contributed by atoms with E-state index in [4.69, 9.17) is 9.05 Å². The molecule has 220 valence electrons. The van der Waals surface area contributed by atoms with Gasteiger partial charge >= 0.3 is 7.82 Å². The quantitative estimate of drug-likeness (QED) is 0.0699. The van der Waals surface area contributed by atoms with Crippen LogP contribution in [0.4, 0.5) is 0 Å². The van der Waals surface area contributed by atoms with Crippen LogP contribution in [0.15, 0.2) is 84.9 Å². The number of hydrogen-bond donors (Lipinski definition) is 7. The molecule has 0 heterocycles. The number of carbonyl (C=O) groups excluding carboxylic acids is 2. The Bertz CT molecular complexity index is 1620. The third kappa shape index (κ3) is 7.73. The van der Waals surface area contributed by atoms with Gasteiger partial charge in [-0.2, -0.15) is 0 Å². The summed E-state index contributed by atoms with van der Waals surface area (Å²) in [6.07, 6.45) is 4.85. The first-order valence-electron chi connectivity index (χ1n) is 12.2. The Morgan fingerprint density at radius 1 is 0.558 bits per heavy atom. The number of allylic oxidation sites excluding steroid dienone is 2. The summed E-state index contributed by atoms with van der Waals surface area (Å²) < 4.78 is 22.3. The zero-order chi connectivity index (χ0) is 31.3. The maximum absolute atomic E-state index is 12.6. The molecule has 0 atom stereocenters. The van der Waals surface area contributed by atoms with Crippen LogP contribution >= 0.6 is 7.82 Å². The van der Waals surface area contributed by atoms with Crippen LogP contribution in [-0.4, -0.2) is 47.1 Å². The summed E-state index contributed by atoms with van der Waals surface area (Å²) in [6.45, 7) is 0. The number of rotatable bonds is 10. The zero-order valence-corrected chi connectivity index (χ0v) is 22.8. The van der Waals surface area contributed by atoms with Crippen LogP contribution in [-0.2, 0) is 4.57 Å². The molecule has 0 aromatic heterocycles. The van der Waals surface area contributed by atoms with Crippen LogP contribution in [0.5, 0.6) is 46.0 Å². The lowest BCUT2D eigenvalue weighted by atomic mass is 10.1. The predicted octanol–water partition coefficient (Wildman–Crippen LogP) is 5.27. The first-order chi connectivity index (χ1) is 20.3. The smallest absolute Gasteiger partial charge is 0.508 e. The van der Waals surface area contributed by atoms with Crippen LogP contribution in [0.3, 0.4) is 0 Å². The first-order valence-corrected chi connectivity index (χ1v) is 13.7. The topological polar surface area (TPSA) is 211 Å². The van der Waals surface area contributed by atoms with Gasteiger partial charge in [-0.05, 0) is 47.5 Å². The molecule has 7 N–H and O–H groups in total. The van der Waals surface area contributed by atoms with Crippen molar-refractivity contribution in [3.05, 3.63) is 107 Å². The molecule has 0 aliphatic rings. The van der Waals surface area contributed by atoms with Crippen molar-refractivity contribution < 1.29 is 58.7 Å². The van der Waals surface area contributed by atoms with Crippen molar-refractivity contribution in [2.24, 2.45) is 0 Å². The molecule has 0 bridgehead atoms. The molecule has 0 unspecified atom stereocenters. The van der Waals surface area contributed by atoms with Gasteiger partial charge in [-0.1, -0.05) is 36.4 Å². The second-order valence-electron chi connectivity index (χ2n) is 8.90. The van der Waals surface area contributed by atoms with Gasteiger partial charge in [-0.15, -0.1) is 0 Å². The molecular formula is C30H23O12P. The van der Waals surface area contributed by atoms with Gasteiger partial charge in [0, 0.05) is 24.3 Å². The van der Waals surface area contributed by atoms with Gasteiger partial charge in [0.1, 0.15) is 57.1 Å². The molecule has 0 saturated carbocycles. The summed E-state index contributed by atoms with van der Waals surface area (Å²) in [5, 5.41) is 59.8. The van der Waals surface area contributed by atoms with Crippen molar-refractivity contribution in [3.8, 4) is 46.0 Å². The average molecular weight is 606 g/mol. The predicted molar refractivity (Wildman–Crippen MR) is 154 cm³/mol. The van der Waals surface area contributed by atoms with Gasteiger partial charge in [0.05, 0.1) is 0 Å². The number of phenols is 6. The molecule has 0 amide bonds. The molecule has 0 spiro atoms. The maximum Gasteiger partial charge on any atom is 0.584 e. The van der Waals surface area contributed by atoms with Crippen molar-refractivity contribution in [1.82, 2.24) is 0 Å². The van der Waals surface area contributed by atoms with Crippen molar-refractivity contribution in [1.29, 1.82) is 0 Å². The van der Waals surface area contributed by atoms with Crippen molar-refractivity contribution in [3.63, 3.8) is 0 Å². The van der Waals surface area contributed by atoms with Crippen LogP contribution in [0.1, 0.15) is 31.8 Å². The van der Waals surface area contributed by atoms with E-state index in [1.807, 2.05) is 0 Å². The summed E-state index contributed by atoms with van der Waals surface area (Å²) >= 11 is 0. The highest BCUT2D eigenvalue weighted by atomic mass is 31.2. The molecule has 0 saturated heterocycles. The van der Waals surface area contributed by atoms with E-state index in [1.54, 1.807) is 0 Å². The third-order valence-electron chi connectivity index (χ3n) is 5.72. The third-order valence-corrected chi connectivity index (χ3v) is 6.60. The summed E-state index contributed by atoms with van der Waals surface area (Å²) in [7, 11) is -5.09. The molecule has 0 radical (unpaired) electrons. The number of hydrogen-bond acceptors (Lipinski definition) is 11. The van der Waals surface area contributed by atoms with E-state index in [1.165, 1.54) is 60.7 Å². The van der Waals surface area contributed by atoms with Gasteiger partial charge in [0.15, 0.2) is 11.6 Å². The Hall–Kier alpha value is -5.71. The number of aromatic hydroxyl groups is 6. The highest BCUT2D eigenvalue weighted by Gasteiger charge is 2.28. The number of phosphoric ester groups is 1. The number of phosphoric acid groups is 1. The first kappa shape index (κ1) is 30.3. The van der Waals surface area contributed by atoms with E-state index < -0.39 is 65.0 Å². The van der Waals surface area contributed by atoms with Crippen LogP contribution in [0, 0.1) is 0 Å². The maximum atomic E-state index is 12.6. The molecule has 43 heavy (non-hydrogen) atoms. The summed E-state index contributed by atoms with van der Waals surface area (Å²) in [5.74, 6) is -5.84. The molecule has 0 aliphatic heterocycles. The summed E-state index contributed by atoms with van der Waals surface area (Å²) in [5.41, 5.74) is 0.0446. The molecule has 0 aliphatic carbocycles. The Morgan fingerprint density at radius 3 is 1.16 bits per heavy atom. The van der Waals surface area contributed by atoms with Crippen molar-refractivity contribution in [2.75, 3.05) is 0 Å². The van der Waals surface area contributed by atoms with E-state index in [2.05, 4.69) is 0 Å². The Labute approximate surface area is 243 Å². The minimum atomic E-state index is -5.09. The fraction of sp³-hybridized carbons (Fsp3) is 0. The van der Waals surface area contributed by atoms with Crippen LogP contribution in [0.2, 0.25) is 0 Å². The van der Waals surface area contributed by atoms with E-state index in [-0.39, 0.29) is 11.5 Å². The summed E-state index contributed by atoms with van der Waals surface area (Å²) in [6, 6.07) is 14.8. The Balaban J connectivity index is 1.46. The van der Waals surface area contributed by atoms with Crippen LogP contribution < -0.4 is 9.05 Å². The second-order valence-corrected chi connectivity index (χ2v) is 10.2. The van der Waals surface area contributed by atoms with Gasteiger partial charge < -0.3 is 39.7 Å². The second kappa shape index (κ2) is 12.4. The molecule has 12 nitrogen and oxygen atoms in total. The molecule has 4 rings (SSSR count). The van der Waals surface area contributed by atoms with E-state index in [9.17, 15) is 49.7 Å². The summed E-state index contributed by atoms with van der Waals surface area (Å²) in [4.78, 5) is 35.2. The molecule has 4 aromatic carbocycles. The monoisotopic (exact) mass is 606 g/mol. The van der Waals surface area contributed by atoms with Gasteiger partial charge in [-0.3, -0.25) is 14.5 Å². The Morgan fingerprint density at radius 2 is 0.860 bits per heavy atom. The van der Waals surface area contributed by atoms with Crippen molar-refractivity contribution >= 4 is 31.5 Å². The van der Waals surface area contributed by atoms with E-state index in [0.29, 0.717) is 11.1 Å². The van der Waals surface area contributed by atoms with Crippen molar-refractivity contribution in [2.45, 2.75) is 0 Å². The highest BCUT2D eigenvalue weighted by Crippen LogP contribution is 2.48. The highest BCUT2D eigenvalue weighted by molar-refractivity contribution is 7.48. The number of benzene rings is 4. The normalized spacial score (nSPS) is 12.7. The molecular weight excluding hydrogens is 583 g/mol. The van der Waals surface area contributed by atoms with E-state index >= 15 is 0 Å². The van der Waals surface area contributed by atoms with E-state index in [0.717, 1.165) is 36.4 Å². The van der Waals surface area contributed by atoms with Gasteiger partial charge in [-0.25, -0.2) is 4.57 Å². The molecule has 13 heteroatoms. The number of phenolic OH excluding ortho intramolecular Hbond substituents is 6. The fourth-order valence-corrected chi connectivity index (χ4v) is 4.53.